The second kappa shape index (κ2) is 7.18. The number of rotatable bonds is 5. The van der Waals surface area contributed by atoms with E-state index in [1.807, 2.05) is 31.2 Å². The van der Waals surface area contributed by atoms with Crippen LogP contribution in [0, 0.1) is 12.8 Å². The maximum atomic E-state index is 12.2. The van der Waals surface area contributed by atoms with E-state index in [0.29, 0.717) is 5.75 Å². The molecule has 1 aromatic carbocycles. The van der Waals surface area contributed by atoms with Crippen molar-refractivity contribution in [2.45, 2.75) is 6.92 Å². The van der Waals surface area contributed by atoms with E-state index < -0.39 is 0 Å². The number of carbonyl (C=O) groups excluding carboxylic acids is 1. The van der Waals surface area contributed by atoms with Gasteiger partial charge in [-0.1, -0.05) is 24.4 Å². The highest BCUT2D eigenvalue weighted by atomic mass is 32.1. The highest BCUT2D eigenvalue weighted by Crippen LogP contribution is 2.29. The summed E-state index contributed by atoms with van der Waals surface area (Å²) < 4.78 is 10.6. The molecule has 2 rings (SSSR count). The molecule has 0 spiro atoms. The third-order valence-electron chi connectivity index (χ3n) is 3.44. The zero-order valence-electron chi connectivity index (χ0n) is 12.8. The lowest BCUT2D eigenvalue weighted by Gasteiger charge is -2.11. The highest BCUT2D eigenvalue weighted by Gasteiger charge is 2.12. The topological polar surface area (TPSA) is 35.5 Å². The molecule has 3 nitrogen and oxygen atoms in total. The lowest BCUT2D eigenvalue weighted by molar-refractivity contribution is -0.115. The minimum atomic E-state index is -0.256. The maximum Gasteiger partial charge on any atom is 0.166 e. The molecular formula is C18H18O3S. The van der Waals surface area contributed by atoms with Gasteiger partial charge in [0.1, 0.15) is 11.5 Å². The molecule has 1 aliphatic carbocycles. The Morgan fingerprint density at radius 1 is 1.14 bits per heavy atom. The monoisotopic (exact) mass is 314 g/mol. The standard InChI is InChI=1S/C18H18O3S/c1-12-10-14(18(21-3)11-17(12)20-2)6-9-16(19)13-4-7-15(22)8-5-13/h4-11,13H,1-3H3/b9-6+. The number of allylic oxidation sites excluding steroid dienone is 5. The Bertz CT molecular complexity index is 668. The fourth-order valence-corrected chi connectivity index (χ4v) is 2.37. The number of ether oxygens (including phenoxy) is 2. The van der Waals surface area contributed by atoms with E-state index in [1.165, 1.54) is 0 Å². The quantitative estimate of drug-likeness (QED) is 0.613. The van der Waals surface area contributed by atoms with Gasteiger partial charge >= 0.3 is 0 Å². The molecule has 0 aliphatic heterocycles. The van der Waals surface area contributed by atoms with Crippen LogP contribution in [0.4, 0.5) is 0 Å². The van der Waals surface area contributed by atoms with E-state index >= 15 is 0 Å². The Kier molecular flexibility index (Phi) is 5.28. The van der Waals surface area contributed by atoms with Gasteiger partial charge in [0.05, 0.1) is 20.1 Å². The Balaban J connectivity index is 2.21. The second-order valence-electron chi connectivity index (χ2n) is 4.95. The number of ketones is 1. The van der Waals surface area contributed by atoms with Gasteiger partial charge in [-0.05, 0) is 42.9 Å². The van der Waals surface area contributed by atoms with Crippen molar-refractivity contribution in [2.75, 3.05) is 14.2 Å². The zero-order chi connectivity index (χ0) is 16.1. The lowest BCUT2D eigenvalue weighted by Crippen LogP contribution is -2.09. The van der Waals surface area contributed by atoms with Crippen LogP contribution in [0.25, 0.3) is 6.08 Å². The fourth-order valence-electron chi connectivity index (χ4n) is 2.21. The lowest BCUT2D eigenvalue weighted by atomic mass is 9.97. The molecule has 1 aliphatic rings. The number of carbonyl (C=O) groups is 1. The van der Waals surface area contributed by atoms with E-state index in [-0.39, 0.29) is 11.7 Å². The van der Waals surface area contributed by atoms with Crippen molar-refractivity contribution in [2.24, 2.45) is 5.92 Å². The third kappa shape index (κ3) is 3.71. The summed E-state index contributed by atoms with van der Waals surface area (Å²) in [7, 11) is 3.21. The van der Waals surface area contributed by atoms with Gasteiger partial charge in [-0.25, -0.2) is 0 Å². The molecule has 0 radical (unpaired) electrons. The summed E-state index contributed by atoms with van der Waals surface area (Å²) in [6, 6.07) is 3.75. The fraction of sp³-hybridized carbons (Fsp3) is 0.222. The van der Waals surface area contributed by atoms with Crippen LogP contribution in [0.5, 0.6) is 11.5 Å². The highest BCUT2D eigenvalue weighted by molar-refractivity contribution is 7.81. The molecule has 0 saturated carbocycles. The van der Waals surface area contributed by atoms with Crippen LogP contribution >= 0.6 is 12.2 Å². The molecule has 0 heterocycles. The molecule has 22 heavy (non-hydrogen) atoms. The Hall–Kier alpha value is -2.20. The van der Waals surface area contributed by atoms with Crippen molar-refractivity contribution in [1.82, 2.24) is 0 Å². The first kappa shape index (κ1) is 16.2. The van der Waals surface area contributed by atoms with Crippen molar-refractivity contribution < 1.29 is 14.3 Å². The van der Waals surface area contributed by atoms with Crippen LogP contribution in [-0.2, 0) is 4.79 Å². The first-order valence-electron chi connectivity index (χ1n) is 6.90. The number of thiocarbonyl (C=S) groups is 1. The number of aryl methyl sites for hydroxylation is 1. The van der Waals surface area contributed by atoms with Crippen LogP contribution < -0.4 is 9.47 Å². The summed E-state index contributed by atoms with van der Waals surface area (Å²) >= 11 is 5.03. The minimum Gasteiger partial charge on any atom is -0.496 e. The summed E-state index contributed by atoms with van der Waals surface area (Å²) in [6.45, 7) is 1.95. The summed E-state index contributed by atoms with van der Waals surface area (Å²) in [5.74, 6) is 1.17. The molecule has 0 saturated heterocycles. The summed E-state index contributed by atoms with van der Waals surface area (Å²) in [6.07, 6.45) is 10.5. The summed E-state index contributed by atoms with van der Waals surface area (Å²) in [5, 5.41) is 0. The molecule has 0 amide bonds. The third-order valence-corrected chi connectivity index (χ3v) is 3.71. The average Bonchev–Trinajstić information content (AvgIpc) is 2.53. The van der Waals surface area contributed by atoms with E-state index in [2.05, 4.69) is 0 Å². The first-order valence-corrected chi connectivity index (χ1v) is 7.31. The molecule has 0 aromatic heterocycles. The predicted octanol–water partition coefficient (Wildman–Crippen LogP) is 3.71. The number of methoxy groups -OCH3 is 2. The zero-order valence-corrected chi connectivity index (χ0v) is 13.6. The Morgan fingerprint density at radius 3 is 2.36 bits per heavy atom. The number of benzene rings is 1. The largest absolute Gasteiger partial charge is 0.496 e. The minimum absolute atomic E-state index is 0.00511. The predicted molar refractivity (Wildman–Crippen MR) is 92.7 cm³/mol. The van der Waals surface area contributed by atoms with Gasteiger partial charge in [-0.15, -0.1) is 0 Å². The van der Waals surface area contributed by atoms with Crippen LogP contribution in [0.3, 0.4) is 0 Å². The van der Waals surface area contributed by atoms with Crippen LogP contribution in [0.15, 0.2) is 42.5 Å². The molecule has 0 atom stereocenters. The van der Waals surface area contributed by atoms with Crippen LogP contribution in [0.1, 0.15) is 11.1 Å². The Labute approximate surface area is 135 Å². The van der Waals surface area contributed by atoms with Gasteiger partial charge < -0.3 is 9.47 Å². The summed E-state index contributed by atoms with van der Waals surface area (Å²) in [4.78, 5) is 12.9. The van der Waals surface area contributed by atoms with Crippen molar-refractivity contribution in [3.63, 3.8) is 0 Å². The van der Waals surface area contributed by atoms with E-state index in [9.17, 15) is 4.79 Å². The molecular weight excluding hydrogens is 296 g/mol. The first-order chi connectivity index (χ1) is 10.5. The molecule has 0 bridgehead atoms. The van der Waals surface area contributed by atoms with E-state index in [4.69, 9.17) is 21.7 Å². The number of hydrogen-bond donors (Lipinski definition) is 0. The van der Waals surface area contributed by atoms with Gasteiger partial charge in [-0.2, -0.15) is 0 Å². The molecule has 0 fully saturated rings. The average molecular weight is 314 g/mol. The van der Waals surface area contributed by atoms with Crippen molar-refractivity contribution in [3.8, 4) is 11.5 Å². The van der Waals surface area contributed by atoms with Crippen molar-refractivity contribution in [3.05, 3.63) is 53.6 Å². The normalized spacial score (nSPS) is 14.6. The van der Waals surface area contributed by atoms with Gasteiger partial charge in [0.25, 0.3) is 0 Å². The van der Waals surface area contributed by atoms with Gasteiger partial charge in [0, 0.05) is 16.5 Å². The molecule has 0 N–H and O–H groups in total. The Morgan fingerprint density at radius 2 is 1.77 bits per heavy atom. The SMILES string of the molecule is COc1cc(OC)c(/C=C/C(=O)C2C=CC(=S)C=C2)cc1C. The van der Waals surface area contributed by atoms with Gasteiger partial charge in [0.15, 0.2) is 5.78 Å². The van der Waals surface area contributed by atoms with Gasteiger partial charge in [-0.3, -0.25) is 4.79 Å². The van der Waals surface area contributed by atoms with Crippen molar-refractivity contribution >= 4 is 28.9 Å². The van der Waals surface area contributed by atoms with E-state index in [1.54, 1.807) is 38.5 Å². The molecule has 114 valence electrons. The second-order valence-corrected chi connectivity index (χ2v) is 5.42. The maximum absolute atomic E-state index is 12.2. The molecule has 4 heteroatoms. The van der Waals surface area contributed by atoms with E-state index in [0.717, 1.165) is 21.7 Å². The summed E-state index contributed by atoms with van der Waals surface area (Å²) in [5.41, 5.74) is 1.83. The van der Waals surface area contributed by atoms with Crippen LogP contribution in [-0.4, -0.2) is 24.9 Å². The van der Waals surface area contributed by atoms with Crippen LogP contribution in [0.2, 0.25) is 0 Å². The molecule has 1 aromatic rings. The van der Waals surface area contributed by atoms with Gasteiger partial charge in [0.2, 0.25) is 0 Å². The number of hydrogen-bond acceptors (Lipinski definition) is 4. The van der Waals surface area contributed by atoms with Crippen molar-refractivity contribution in [1.29, 1.82) is 0 Å². The molecule has 0 unspecified atom stereocenters. The smallest absolute Gasteiger partial charge is 0.166 e.